The molecule has 5 heteroatoms. The Bertz CT molecular complexity index is 704. The van der Waals surface area contributed by atoms with Crippen LogP contribution in [0.5, 0.6) is 17.5 Å². The Morgan fingerprint density at radius 1 is 0.958 bits per heavy atom. The molecule has 0 radical (unpaired) electrons. The average molecular weight is 330 g/mol. The van der Waals surface area contributed by atoms with Gasteiger partial charge in [0.2, 0.25) is 17.5 Å². The fraction of sp³-hybridized carbons (Fsp3) is 0.474. The highest BCUT2D eigenvalue weighted by Gasteiger charge is 2.44. The number of para-hydroxylation sites is 1. The molecule has 0 bridgehead atoms. The number of hydroxylamine groups is 2. The molecule has 1 aromatic carbocycles. The summed E-state index contributed by atoms with van der Waals surface area (Å²) >= 11 is 0. The molecule has 2 heterocycles. The van der Waals surface area contributed by atoms with Gasteiger partial charge in [-0.25, -0.2) is 4.57 Å². The van der Waals surface area contributed by atoms with Crippen molar-refractivity contribution in [3.05, 3.63) is 36.4 Å². The molecule has 1 aliphatic heterocycles. The molecule has 0 aliphatic carbocycles. The van der Waals surface area contributed by atoms with Gasteiger partial charge in [-0.05, 0) is 59.1 Å². The van der Waals surface area contributed by atoms with Gasteiger partial charge in [0.1, 0.15) is 0 Å². The van der Waals surface area contributed by atoms with Gasteiger partial charge in [-0.2, -0.15) is 0 Å². The molecular weight excluding hydrogens is 304 g/mol. The fourth-order valence-corrected chi connectivity index (χ4v) is 3.69. The van der Waals surface area contributed by atoms with Crippen molar-refractivity contribution in [1.82, 2.24) is 9.63 Å². The van der Waals surface area contributed by atoms with Crippen LogP contribution in [0.1, 0.15) is 47.0 Å². The predicted molar refractivity (Wildman–Crippen MR) is 93.6 cm³/mol. The van der Waals surface area contributed by atoms with Crippen LogP contribution in [0.2, 0.25) is 0 Å². The van der Waals surface area contributed by atoms with Crippen molar-refractivity contribution in [2.75, 3.05) is 0 Å². The highest BCUT2D eigenvalue weighted by Crippen LogP contribution is 2.43. The van der Waals surface area contributed by atoms with E-state index in [4.69, 9.17) is 4.84 Å². The number of benzene rings is 1. The second-order valence-corrected chi connectivity index (χ2v) is 7.73. The maximum atomic E-state index is 10.6. The molecule has 24 heavy (non-hydrogen) atoms. The molecule has 1 fully saturated rings. The number of rotatable bonds is 3. The Labute approximate surface area is 143 Å². The zero-order valence-electron chi connectivity index (χ0n) is 14.8. The van der Waals surface area contributed by atoms with Crippen LogP contribution in [0.25, 0.3) is 5.69 Å². The highest BCUT2D eigenvalue weighted by atomic mass is 16.7. The van der Waals surface area contributed by atoms with Gasteiger partial charge < -0.3 is 15.1 Å². The minimum atomic E-state index is -0.154. The smallest absolute Gasteiger partial charge is 0.245 e. The minimum absolute atomic E-state index is 0.0543. The number of aromatic hydroxyl groups is 2. The van der Waals surface area contributed by atoms with Gasteiger partial charge in [0.25, 0.3) is 0 Å². The van der Waals surface area contributed by atoms with E-state index >= 15 is 0 Å². The zero-order valence-corrected chi connectivity index (χ0v) is 14.8. The van der Waals surface area contributed by atoms with Crippen molar-refractivity contribution >= 4 is 0 Å². The molecule has 1 aliphatic rings. The van der Waals surface area contributed by atoms with Gasteiger partial charge in [-0.3, -0.25) is 0 Å². The Kier molecular flexibility index (Phi) is 4.00. The normalized spacial score (nSPS) is 20.0. The van der Waals surface area contributed by atoms with E-state index < -0.39 is 0 Å². The van der Waals surface area contributed by atoms with E-state index in [9.17, 15) is 10.2 Å². The topological polar surface area (TPSA) is 57.9 Å². The predicted octanol–water partition coefficient (Wildman–Crippen LogP) is 4.23. The molecule has 0 spiro atoms. The Morgan fingerprint density at radius 3 is 2.12 bits per heavy atom. The van der Waals surface area contributed by atoms with Crippen molar-refractivity contribution in [2.24, 2.45) is 0 Å². The number of aromatic nitrogens is 1. The first-order valence-electron chi connectivity index (χ1n) is 8.40. The summed E-state index contributed by atoms with van der Waals surface area (Å²) in [6.45, 7) is 8.55. The van der Waals surface area contributed by atoms with Crippen LogP contribution in [0.15, 0.2) is 36.4 Å². The van der Waals surface area contributed by atoms with Crippen LogP contribution in [-0.2, 0) is 0 Å². The molecule has 2 aromatic rings. The van der Waals surface area contributed by atoms with E-state index in [1.165, 1.54) is 10.6 Å². The summed E-state index contributed by atoms with van der Waals surface area (Å²) in [7, 11) is 0. The minimum Gasteiger partial charge on any atom is -0.494 e. The van der Waals surface area contributed by atoms with E-state index in [1.54, 1.807) is 0 Å². The van der Waals surface area contributed by atoms with E-state index in [0.717, 1.165) is 19.3 Å². The second-order valence-electron chi connectivity index (χ2n) is 7.73. The van der Waals surface area contributed by atoms with E-state index in [2.05, 4.69) is 27.7 Å². The summed E-state index contributed by atoms with van der Waals surface area (Å²) in [4.78, 5) is 6.10. The zero-order chi connectivity index (χ0) is 17.5. The molecule has 0 atom stereocenters. The summed E-state index contributed by atoms with van der Waals surface area (Å²) in [5.41, 5.74) is 0.372. The van der Waals surface area contributed by atoms with Gasteiger partial charge >= 0.3 is 0 Å². The van der Waals surface area contributed by atoms with Crippen LogP contribution in [0.4, 0.5) is 0 Å². The maximum absolute atomic E-state index is 10.6. The summed E-state index contributed by atoms with van der Waals surface area (Å²) in [6, 6.07) is 10.7. The Balaban J connectivity index is 1.96. The van der Waals surface area contributed by atoms with Crippen LogP contribution in [-0.4, -0.2) is 30.9 Å². The summed E-state index contributed by atoms with van der Waals surface area (Å²) in [6.07, 6.45) is 3.17. The van der Waals surface area contributed by atoms with Gasteiger partial charge in [0.15, 0.2) is 0 Å². The largest absolute Gasteiger partial charge is 0.494 e. The van der Waals surface area contributed by atoms with Gasteiger partial charge in [-0.1, -0.05) is 18.2 Å². The molecular formula is C19H26N2O3. The fourth-order valence-electron chi connectivity index (χ4n) is 3.69. The number of piperidine rings is 1. The first kappa shape index (κ1) is 16.7. The van der Waals surface area contributed by atoms with Crippen LogP contribution >= 0.6 is 0 Å². The first-order valence-corrected chi connectivity index (χ1v) is 8.40. The third-order valence-electron chi connectivity index (χ3n) is 4.80. The SMILES string of the molecule is CC1(C)CCCC(C)(C)N1Oc1cc(O)n(-c2ccccc2)c1O. The van der Waals surface area contributed by atoms with E-state index in [0.29, 0.717) is 5.69 Å². The number of nitrogens with zero attached hydrogens (tertiary/aromatic N) is 2. The molecule has 1 saturated heterocycles. The van der Waals surface area contributed by atoms with Crippen molar-refractivity contribution in [2.45, 2.75) is 58.0 Å². The Hall–Kier alpha value is -2.14. The average Bonchev–Trinajstić information content (AvgIpc) is 2.78. The summed E-state index contributed by atoms with van der Waals surface area (Å²) < 4.78 is 1.37. The lowest BCUT2D eigenvalue weighted by Crippen LogP contribution is -2.59. The molecule has 0 saturated carbocycles. The lowest BCUT2D eigenvalue weighted by atomic mass is 9.82. The lowest BCUT2D eigenvalue weighted by molar-refractivity contribution is -0.217. The molecule has 1 aromatic heterocycles. The van der Waals surface area contributed by atoms with Gasteiger partial charge in [0.05, 0.1) is 16.8 Å². The summed E-state index contributed by atoms with van der Waals surface area (Å²) in [5, 5.41) is 22.8. The third-order valence-corrected chi connectivity index (χ3v) is 4.80. The molecule has 130 valence electrons. The number of hydrogen-bond acceptors (Lipinski definition) is 4. The number of hydrogen-bond donors (Lipinski definition) is 2. The van der Waals surface area contributed by atoms with Crippen LogP contribution in [0.3, 0.4) is 0 Å². The van der Waals surface area contributed by atoms with Crippen molar-refractivity contribution < 1.29 is 15.1 Å². The van der Waals surface area contributed by atoms with E-state index in [-0.39, 0.29) is 28.6 Å². The second kappa shape index (κ2) is 5.74. The van der Waals surface area contributed by atoms with Crippen LogP contribution < -0.4 is 4.84 Å². The lowest BCUT2D eigenvalue weighted by Gasteiger charge is -2.50. The van der Waals surface area contributed by atoms with Gasteiger partial charge in [0, 0.05) is 6.07 Å². The first-order chi connectivity index (χ1) is 11.2. The maximum Gasteiger partial charge on any atom is 0.245 e. The van der Waals surface area contributed by atoms with Gasteiger partial charge in [-0.15, -0.1) is 5.06 Å². The van der Waals surface area contributed by atoms with Crippen LogP contribution in [0, 0.1) is 0 Å². The molecule has 0 unspecified atom stereocenters. The molecule has 3 rings (SSSR count). The standard InChI is InChI=1S/C19H26N2O3/c1-18(2)11-8-12-19(3,4)21(18)24-15-13-16(22)20(17(15)23)14-9-6-5-7-10-14/h5-7,9-10,13,22-23H,8,11-12H2,1-4H3. The third kappa shape index (κ3) is 2.84. The quantitative estimate of drug-likeness (QED) is 0.884. The molecule has 5 nitrogen and oxygen atoms in total. The highest BCUT2D eigenvalue weighted by molar-refractivity contribution is 5.50. The van der Waals surface area contributed by atoms with Crippen molar-refractivity contribution in [3.8, 4) is 23.2 Å². The van der Waals surface area contributed by atoms with E-state index in [1.807, 2.05) is 35.4 Å². The molecule has 2 N–H and O–H groups in total. The Morgan fingerprint density at radius 2 is 1.54 bits per heavy atom. The summed E-state index contributed by atoms with van der Waals surface area (Å²) in [5.74, 6) is 0.108. The molecule has 0 amide bonds. The monoisotopic (exact) mass is 330 g/mol. The van der Waals surface area contributed by atoms with Crippen molar-refractivity contribution in [3.63, 3.8) is 0 Å². The van der Waals surface area contributed by atoms with Crippen molar-refractivity contribution in [1.29, 1.82) is 0 Å².